The maximum absolute atomic E-state index is 16.5. The van der Waals surface area contributed by atoms with Gasteiger partial charge < -0.3 is 15.3 Å². The number of fused-ring (bicyclic) bond motifs is 4. The van der Waals surface area contributed by atoms with Gasteiger partial charge in [0, 0.05) is 48.7 Å². The number of rotatable bonds is 3. The lowest BCUT2D eigenvalue weighted by molar-refractivity contribution is 0.255. The van der Waals surface area contributed by atoms with Crippen molar-refractivity contribution in [3.63, 3.8) is 0 Å². The zero-order chi connectivity index (χ0) is 27.2. The van der Waals surface area contributed by atoms with Crippen molar-refractivity contribution >= 4 is 28.5 Å². The Morgan fingerprint density at radius 3 is 2.80 bits per heavy atom. The molecule has 0 amide bonds. The van der Waals surface area contributed by atoms with Crippen molar-refractivity contribution in [1.29, 1.82) is 0 Å². The van der Waals surface area contributed by atoms with E-state index in [-0.39, 0.29) is 40.3 Å². The summed E-state index contributed by atoms with van der Waals surface area (Å²) in [4.78, 5) is 13.6. The van der Waals surface area contributed by atoms with Crippen molar-refractivity contribution in [2.24, 2.45) is 0 Å². The summed E-state index contributed by atoms with van der Waals surface area (Å²) in [6.07, 6.45) is 4.09. The largest absolute Gasteiger partial charge is 0.508 e. The third-order valence-corrected chi connectivity index (χ3v) is 9.54. The number of aromatic hydroxyl groups is 1. The summed E-state index contributed by atoms with van der Waals surface area (Å²) in [6, 6.07) is 3.52. The number of nitrogens with zero attached hydrogens (tertiary/aromatic N) is 6. The van der Waals surface area contributed by atoms with Crippen molar-refractivity contribution in [2.75, 3.05) is 31.1 Å². The van der Waals surface area contributed by atoms with Crippen LogP contribution in [-0.2, 0) is 0 Å². The van der Waals surface area contributed by atoms with Crippen molar-refractivity contribution in [3.8, 4) is 28.8 Å². The van der Waals surface area contributed by atoms with E-state index in [9.17, 15) is 9.50 Å². The molecule has 8 rings (SSSR count). The molecule has 2 bridgehead atoms. The topological polar surface area (TPSA) is 90.3 Å². The highest BCUT2D eigenvalue weighted by molar-refractivity contribution is 6.32. The lowest BCUT2D eigenvalue weighted by atomic mass is 9.94. The van der Waals surface area contributed by atoms with Gasteiger partial charge in [0.2, 0.25) is 5.82 Å². The standard InChI is InChI=1S/C29H28ClF2N7O/c30-21-10-19(40)9-20(23(21)15-2-3-15)25-24(32)26-27(37-36-25)28(39-14-17-8-18(39)12-33-17)35-22(34-26)4-6-29-5-1-7-38(29)13-16(31)11-29/h9-10,15-18,33,40H,1-3,5,7-8,11-14H2/t16-,17+,18+,29-/m1/s1. The molecule has 4 aliphatic heterocycles. The van der Waals surface area contributed by atoms with Gasteiger partial charge >= 0.3 is 0 Å². The van der Waals surface area contributed by atoms with Crippen molar-refractivity contribution < 1.29 is 13.9 Å². The van der Waals surface area contributed by atoms with E-state index in [0.717, 1.165) is 57.3 Å². The van der Waals surface area contributed by atoms with E-state index in [2.05, 4.69) is 42.1 Å². The van der Waals surface area contributed by atoms with Gasteiger partial charge in [0.15, 0.2) is 17.2 Å². The molecule has 5 fully saturated rings. The number of benzene rings is 1. The number of alkyl halides is 1. The van der Waals surface area contributed by atoms with Gasteiger partial charge in [0.1, 0.15) is 23.1 Å². The van der Waals surface area contributed by atoms with Gasteiger partial charge in [-0.3, -0.25) is 4.90 Å². The average molecular weight is 564 g/mol. The smallest absolute Gasteiger partial charge is 0.207 e. The van der Waals surface area contributed by atoms with E-state index in [1.807, 2.05) is 0 Å². The molecular formula is C29H28ClF2N7O. The summed E-state index contributed by atoms with van der Waals surface area (Å²) in [6.45, 7) is 2.76. The second kappa shape index (κ2) is 8.93. The molecule has 0 radical (unpaired) electrons. The maximum Gasteiger partial charge on any atom is 0.207 e. The quantitative estimate of drug-likeness (QED) is 0.463. The zero-order valence-electron chi connectivity index (χ0n) is 21.8. The van der Waals surface area contributed by atoms with Crippen LogP contribution in [0, 0.1) is 17.7 Å². The second-order valence-corrected chi connectivity index (χ2v) is 12.3. The monoisotopic (exact) mass is 563 g/mol. The molecule has 1 saturated carbocycles. The SMILES string of the molecule is Oc1cc(Cl)c(C2CC2)c(-c2nnc3c(N4C[C@@H]5C[C@H]4CN5)nc(C#C[C@@]45CCCN4C[C@H](F)C5)nc3c2F)c1. The summed E-state index contributed by atoms with van der Waals surface area (Å²) >= 11 is 6.50. The van der Waals surface area contributed by atoms with Crippen LogP contribution in [0.25, 0.3) is 22.3 Å². The number of hydrogen-bond donors (Lipinski definition) is 2. The molecule has 40 heavy (non-hydrogen) atoms. The molecule has 3 aromatic rings. The van der Waals surface area contributed by atoms with Crippen molar-refractivity contribution in [3.05, 3.63) is 34.4 Å². The number of nitrogens with one attached hydrogen (secondary N) is 1. The summed E-state index contributed by atoms with van der Waals surface area (Å²) in [5.41, 5.74) is 0.989. The Morgan fingerprint density at radius 2 is 2.02 bits per heavy atom. The first-order valence-corrected chi connectivity index (χ1v) is 14.5. The summed E-state index contributed by atoms with van der Waals surface area (Å²) in [5.74, 6) is 6.61. The van der Waals surface area contributed by atoms with Crippen LogP contribution < -0.4 is 10.2 Å². The third kappa shape index (κ3) is 3.85. The van der Waals surface area contributed by atoms with Crippen LogP contribution in [0.15, 0.2) is 12.1 Å². The molecule has 2 N–H and O–H groups in total. The molecular weight excluding hydrogens is 536 g/mol. The molecule has 11 heteroatoms. The fourth-order valence-corrected chi connectivity index (χ4v) is 7.61. The molecule has 4 saturated heterocycles. The van der Waals surface area contributed by atoms with Crippen LogP contribution in [0.3, 0.4) is 0 Å². The number of phenols is 1. The van der Waals surface area contributed by atoms with Crippen molar-refractivity contribution in [1.82, 2.24) is 30.4 Å². The van der Waals surface area contributed by atoms with Gasteiger partial charge in [-0.25, -0.2) is 18.7 Å². The number of anilines is 1. The normalized spacial score (nSPS) is 29.3. The number of halogens is 3. The first-order valence-electron chi connectivity index (χ1n) is 14.1. The van der Waals surface area contributed by atoms with Gasteiger partial charge in [-0.05, 0) is 68.2 Å². The Kier molecular flexibility index (Phi) is 5.51. The zero-order valence-corrected chi connectivity index (χ0v) is 22.6. The first kappa shape index (κ1) is 24.6. The van der Waals surface area contributed by atoms with Gasteiger partial charge in [0.05, 0.1) is 5.54 Å². The van der Waals surface area contributed by atoms with Crippen LogP contribution in [0.1, 0.15) is 55.8 Å². The Morgan fingerprint density at radius 1 is 1.15 bits per heavy atom. The van der Waals surface area contributed by atoms with E-state index in [1.54, 1.807) is 0 Å². The van der Waals surface area contributed by atoms with E-state index in [1.165, 1.54) is 12.1 Å². The number of phenolic OH excluding ortho intramolecular Hbond substituents is 1. The molecule has 2 aromatic heterocycles. The Hall–Kier alpha value is -3.13. The fraction of sp³-hybridized carbons (Fsp3) is 0.517. The molecule has 206 valence electrons. The predicted octanol–water partition coefficient (Wildman–Crippen LogP) is 3.94. The highest BCUT2D eigenvalue weighted by Gasteiger charge is 2.48. The minimum absolute atomic E-state index is 0.00278. The van der Waals surface area contributed by atoms with Gasteiger partial charge in [0.25, 0.3) is 0 Å². The molecule has 0 spiro atoms. The van der Waals surface area contributed by atoms with Crippen LogP contribution in [0.5, 0.6) is 5.75 Å². The summed E-state index contributed by atoms with van der Waals surface area (Å²) in [5, 5.41) is 22.9. The molecule has 6 heterocycles. The molecule has 1 aromatic carbocycles. The van der Waals surface area contributed by atoms with Crippen LogP contribution in [0.2, 0.25) is 5.02 Å². The molecule has 1 aliphatic carbocycles. The molecule has 0 unspecified atom stereocenters. The fourth-order valence-electron chi connectivity index (χ4n) is 7.25. The first-order chi connectivity index (χ1) is 19.4. The maximum atomic E-state index is 16.5. The van der Waals surface area contributed by atoms with Crippen molar-refractivity contribution in [2.45, 2.75) is 68.2 Å². The molecule has 5 aliphatic rings. The lowest BCUT2D eigenvalue weighted by Gasteiger charge is -2.29. The van der Waals surface area contributed by atoms with Gasteiger partial charge in [-0.1, -0.05) is 17.5 Å². The van der Waals surface area contributed by atoms with Crippen LogP contribution in [0.4, 0.5) is 14.6 Å². The number of aromatic nitrogens is 4. The van der Waals surface area contributed by atoms with Crippen LogP contribution in [-0.4, -0.2) is 80.1 Å². The minimum Gasteiger partial charge on any atom is -0.508 e. The van der Waals surface area contributed by atoms with E-state index in [0.29, 0.717) is 35.4 Å². The lowest BCUT2D eigenvalue weighted by Crippen LogP contribution is -2.44. The van der Waals surface area contributed by atoms with E-state index < -0.39 is 17.5 Å². The van der Waals surface area contributed by atoms with Gasteiger partial charge in [-0.15, -0.1) is 10.2 Å². The average Bonchev–Trinajstić information content (AvgIpc) is 3.21. The van der Waals surface area contributed by atoms with Gasteiger partial charge in [-0.2, -0.15) is 0 Å². The third-order valence-electron chi connectivity index (χ3n) is 9.22. The number of piperazine rings is 1. The summed E-state index contributed by atoms with van der Waals surface area (Å²) < 4.78 is 30.8. The van der Waals surface area contributed by atoms with E-state index >= 15 is 4.39 Å². The summed E-state index contributed by atoms with van der Waals surface area (Å²) in [7, 11) is 0. The Bertz CT molecular complexity index is 1620. The Balaban J connectivity index is 1.30. The molecule has 8 nitrogen and oxygen atoms in total. The highest BCUT2D eigenvalue weighted by Crippen LogP contribution is 2.49. The highest BCUT2D eigenvalue weighted by atomic mass is 35.5. The van der Waals surface area contributed by atoms with E-state index in [4.69, 9.17) is 16.6 Å². The predicted molar refractivity (Wildman–Crippen MR) is 147 cm³/mol. The molecule has 4 atom stereocenters. The minimum atomic E-state index is -0.902. The number of hydrogen-bond acceptors (Lipinski definition) is 8. The Labute approximate surface area is 235 Å². The second-order valence-electron chi connectivity index (χ2n) is 11.9. The van der Waals surface area contributed by atoms with Crippen LogP contribution >= 0.6 is 11.6 Å².